The number of anilines is 1. The second-order valence-electron chi connectivity index (χ2n) is 7.22. The van der Waals surface area contributed by atoms with E-state index < -0.39 is 28.8 Å². The number of hydrogen-bond acceptors (Lipinski definition) is 5. The zero-order valence-corrected chi connectivity index (χ0v) is 18.0. The lowest BCUT2D eigenvalue weighted by atomic mass is 10.2. The standard InChI is InChI=1S/C22H17F3N4O3S/c1-28-19-18(21(31)29(22(28)32)11-13-4-7-15(24)16(25)8-13)33-17(10-26-19)20(30)27-9-12-2-5-14(23)6-3-12/h2-8,10,26H,9,11H2,1H3,(H,27,30). The highest BCUT2D eigenvalue weighted by molar-refractivity contribution is 8.04. The fraction of sp³-hybridized carbons (Fsp3) is 0.136. The van der Waals surface area contributed by atoms with Crippen LogP contribution in [0.1, 0.15) is 11.1 Å². The molecule has 2 N–H and O–H groups in total. The minimum Gasteiger partial charge on any atom is -0.347 e. The Morgan fingerprint density at radius 2 is 1.73 bits per heavy atom. The maximum atomic E-state index is 13.6. The summed E-state index contributed by atoms with van der Waals surface area (Å²) in [5.41, 5.74) is -0.410. The molecule has 0 radical (unpaired) electrons. The maximum absolute atomic E-state index is 13.6. The predicted octanol–water partition coefficient (Wildman–Crippen LogP) is 2.69. The van der Waals surface area contributed by atoms with Crippen molar-refractivity contribution in [1.29, 1.82) is 0 Å². The highest BCUT2D eigenvalue weighted by atomic mass is 32.2. The van der Waals surface area contributed by atoms with Gasteiger partial charge in [0.15, 0.2) is 11.6 Å². The van der Waals surface area contributed by atoms with Crippen LogP contribution in [-0.4, -0.2) is 15.0 Å². The summed E-state index contributed by atoms with van der Waals surface area (Å²) in [6, 6.07) is 8.76. The quantitative estimate of drug-likeness (QED) is 0.594. The van der Waals surface area contributed by atoms with Crippen molar-refractivity contribution in [2.45, 2.75) is 18.0 Å². The predicted molar refractivity (Wildman–Crippen MR) is 117 cm³/mol. The highest BCUT2D eigenvalue weighted by Crippen LogP contribution is 2.33. The summed E-state index contributed by atoms with van der Waals surface area (Å²) in [5, 5.41) is 5.49. The molecule has 0 fully saturated rings. The van der Waals surface area contributed by atoms with Gasteiger partial charge in [0.2, 0.25) is 0 Å². The van der Waals surface area contributed by atoms with Crippen molar-refractivity contribution < 1.29 is 18.0 Å². The summed E-state index contributed by atoms with van der Waals surface area (Å²) < 4.78 is 41.9. The normalized spacial score (nSPS) is 12.5. The minimum absolute atomic E-state index is 0.106. The number of carbonyl (C=O) groups excluding carboxylic acids is 1. The van der Waals surface area contributed by atoms with Gasteiger partial charge >= 0.3 is 5.69 Å². The van der Waals surface area contributed by atoms with E-state index in [4.69, 9.17) is 0 Å². The number of benzene rings is 2. The Hall–Kier alpha value is -3.73. The van der Waals surface area contributed by atoms with Gasteiger partial charge in [-0.3, -0.25) is 18.7 Å². The Morgan fingerprint density at radius 1 is 1.03 bits per heavy atom. The molecule has 1 aliphatic rings. The summed E-state index contributed by atoms with van der Waals surface area (Å²) in [5.74, 6) is -2.77. The Bertz CT molecular complexity index is 1400. The van der Waals surface area contributed by atoms with Crippen LogP contribution in [-0.2, 0) is 24.9 Å². The van der Waals surface area contributed by atoms with E-state index in [0.29, 0.717) is 5.56 Å². The molecule has 0 saturated heterocycles. The number of rotatable bonds is 5. The van der Waals surface area contributed by atoms with E-state index in [0.717, 1.165) is 28.5 Å². The first-order chi connectivity index (χ1) is 15.7. The van der Waals surface area contributed by atoms with Crippen LogP contribution in [0.25, 0.3) is 0 Å². The largest absolute Gasteiger partial charge is 0.347 e. The molecule has 1 aliphatic heterocycles. The van der Waals surface area contributed by atoms with Crippen molar-refractivity contribution in [1.82, 2.24) is 14.5 Å². The highest BCUT2D eigenvalue weighted by Gasteiger charge is 2.25. The molecule has 0 aliphatic carbocycles. The molecular formula is C22H17F3N4O3S. The molecule has 2 aromatic carbocycles. The third-order valence-corrected chi connectivity index (χ3v) is 6.07. The number of fused-ring (bicyclic) bond motifs is 1. The van der Waals surface area contributed by atoms with Crippen LogP contribution in [0.2, 0.25) is 0 Å². The zero-order chi connectivity index (χ0) is 23.7. The van der Waals surface area contributed by atoms with Crippen molar-refractivity contribution in [3.8, 4) is 0 Å². The first-order valence-electron chi connectivity index (χ1n) is 9.69. The van der Waals surface area contributed by atoms with E-state index >= 15 is 0 Å². The molecule has 0 unspecified atom stereocenters. The van der Waals surface area contributed by atoms with Gasteiger partial charge < -0.3 is 10.6 Å². The summed E-state index contributed by atoms with van der Waals surface area (Å²) in [6.07, 6.45) is 1.38. The van der Waals surface area contributed by atoms with Crippen molar-refractivity contribution in [2.24, 2.45) is 7.05 Å². The van der Waals surface area contributed by atoms with Crippen LogP contribution < -0.4 is 21.9 Å². The van der Waals surface area contributed by atoms with Gasteiger partial charge in [0.25, 0.3) is 11.5 Å². The molecule has 0 bridgehead atoms. The number of halogens is 3. The lowest BCUT2D eigenvalue weighted by Gasteiger charge is -2.21. The van der Waals surface area contributed by atoms with Crippen LogP contribution in [0.15, 0.2) is 68.1 Å². The van der Waals surface area contributed by atoms with Gasteiger partial charge in [0.1, 0.15) is 16.5 Å². The molecule has 0 saturated carbocycles. The second kappa shape index (κ2) is 9.02. The van der Waals surface area contributed by atoms with E-state index in [2.05, 4.69) is 10.6 Å². The number of aromatic nitrogens is 2. The molecule has 2 heterocycles. The first kappa shape index (κ1) is 22.5. The Kier molecular flexibility index (Phi) is 6.14. The Balaban J connectivity index is 1.58. The maximum Gasteiger partial charge on any atom is 0.332 e. The summed E-state index contributed by atoms with van der Waals surface area (Å²) >= 11 is 0.882. The van der Waals surface area contributed by atoms with E-state index in [1.54, 1.807) is 0 Å². The lowest BCUT2D eigenvalue weighted by Crippen LogP contribution is -2.41. The fourth-order valence-corrected chi connectivity index (χ4v) is 4.20. The smallest absolute Gasteiger partial charge is 0.332 e. The molecule has 0 atom stereocenters. The fourth-order valence-electron chi connectivity index (χ4n) is 3.21. The second-order valence-corrected chi connectivity index (χ2v) is 8.28. The van der Waals surface area contributed by atoms with Crippen LogP contribution >= 0.6 is 11.8 Å². The lowest BCUT2D eigenvalue weighted by molar-refractivity contribution is -0.116. The van der Waals surface area contributed by atoms with Crippen molar-refractivity contribution in [2.75, 3.05) is 5.32 Å². The Morgan fingerprint density at radius 3 is 2.42 bits per heavy atom. The third-order valence-electron chi connectivity index (χ3n) is 4.97. The summed E-state index contributed by atoms with van der Waals surface area (Å²) in [6.45, 7) is -0.121. The summed E-state index contributed by atoms with van der Waals surface area (Å²) in [7, 11) is 1.45. The minimum atomic E-state index is -1.09. The molecular weight excluding hydrogens is 457 g/mol. The van der Waals surface area contributed by atoms with Crippen molar-refractivity contribution in [3.63, 3.8) is 0 Å². The number of carbonyl (C=O) groups is 1. The molecule has 4 rings (SSSR count). The van der Waals surface area contributed by atoms with Crippen molar-refractivity contribution in [3.05, 3.63) is 103 Å². The average Bonchev–Trinajstić information content (AvgIpc) is 2.81. The molecule has 7 nitrogen and oxygen atoms in total. The number of hydrogen-bond donors (Lipinski definition) is 2. The van der Waals surface area contributed by atoms with E-state index in [-0.39, 0.29) is 40.1 Å². The zero-order valence-electron chi connectivity index (χ0n) is 17.2. The number of amides is 1. The SMILES string of the molecule is Cn1c2c(c(=O)n(Cc3ccc(F)c(F)c3)c1=O)SC(C(=O)NCc1ccc(F)cc1)=CN2. The van der Waals surface area contributed by atoms with E-state index in [1.807, 2.05) is 0 Å². The van der Waals surface area contributed by atoms with Gasteiger partial charge in [-0.05, 0) is 35.4 Å². The van der Waals surface area contributed by atoms with Gasteiger partial charge in [0.05, 0.1) is 11.4 Å². The molecule has 1 aromatic heterocycles. The number of nitrogens with one attached hydrogen (secondary N) is 2. The van der Waals surface area contributed by atoms with Crippen LogP contribution in [0.3, 0.4) is 0 Å². The molecule has 11 heteroatoms. The summed E-state index contributed by atoms with van der Waals surface area (Å²) in [4.78, 5) is 38.6. The first-order valence-corrected chi connectivity index (χ1v) is 10.5. The van der Waals surface area contributed by atoms with Gasteiger partial charge in [-0.25, -0.2) is 18.0 Å². The molecule has 33 heavy (non-hydrogen) atoms. The molecule has 1 amide bonds. The average molecular weight is 474 g/mol. The molecule has 3 aromatic rings. The van der Waals surface area contributed by atoms with E-state index in [9.17, 15) is 27.6 Å². The topological polar surface area (TPSA) is 85.1 Å². The molecule has 0 spiro atoms. The molecule has 170 valence electrons. The van der Waals surface area contributed by atoms with Gasteiger partial charge in [-0.1, -0.05) is 30.0 Å². The number of thioether (sulfide) groups is 1. The monoisotopic (exact) mass is 474 g/mol. The Labute approximate surface area is 189 Å². The van der Waals surface area contributed by atoms with Crippen LogP contribution in [0, 0.1) is 17.5 Å². The van der Waals surface area contributed by atoms with Gasteiger partial charge in [-0.2, -0.15) is 0 Å². The number of nitrogens with zero attached hydrogens (tertiary/aromatic N) is 2. The third kappa shape index (κ3) is 4.58. The van der Waals surface area contributed by atoms with Crippen LogP contribution in [0.5, 0.6) is 0 Å². The van der Waals surface area contributed by atoms with Crippen LogP contribution in [0.4, 0.5) is 19.0 Å². The van der Waals surface area contributed by atoms with Gasteiger partial charge in [-0.15, -0.1) is 0 Å². The van der Waals surface area contributed by atoms with Gasteiger partial charge in [0, 0.05) is 19.8 Å². The van der Waals surface area contributed by atoms with Crippen molar-refractivity contribution >= 4 is 23.5 Å². The van der Waals surface area contributed by atoms with E-state index in [1.165, 1.54) is 48.1 Å².